The van der Waals surface area contributed by atoms with E-state index in [-0.39, 0.29) is 24.3 Å². The van der Waals surface area contributed by atoms with Gasteiger partial charge in [-0.25, -0.2) is 20.0 Å². The predicted octanol–water partition coefficient (Wildman–Crippen LogP) is 5.08. The van der Waals surface area contributed by atoms with Gasteiger partial charge in [-0.1, -0.05) is 45.9 Å². The summed E-state index contributed by atoms with van der Waals surface area (Å²) in [4.78, 5) is 44.1. The second-order valence-electron chi connectivity index (χ2n) is 16.2. The molecule has 1 aromatic rings. The molecular weight excluding hydrogens is 694 g/mol. The van der Waals surface area contributed by atoms with Crippen LogP contribution in [0.4, 0.5) is 4.79 Å². The van der Waals surface area contributed by atoms with Crippen LogP contribution in [-0.2, 0) is 39.7 Å². The summed E-state index contributed by atoms with van der Waals surface area (Å²) in [5.41, 5.74) is 2.30. The van der Waals surface area contributed by atoms with E-state index in [1.54, 1.807) is 41.1 Å². The molecule has 12 atom stereocenters. The molecule has 0 saturated carbocycles. The minimum atomic E-state index is -1.35. The molecule has 2 fully saturated rings. The summed E-state index contributed by atoms with van der Waals surface area (Å²) in [5.74, 6) is -1.64. The maximum atomic E-state index is 14.6. The third-order valence-corrected chi connectivity index (χ3v) is 11.8. The number of carbonyl (C=O) groups is 3. The van der Waals surface area contributed by atoms with Crippen LogP contribution in [0.2, 0.25) is 0 Å². The summed E-state index contributed by atoms with van der Waals surface area (Å²) in [5, 5.41) is 12.8. The van der Waals surface area contributed by atoms with E-state index in [0.717, 1.165) is 17.7 Å². The fourth-order valence-corrected chi connectivity index (χ4v) is 8.72. The van der Waals surface area contributed by atoms with Crippen molar-refractivity contribution in [3.05, 3.63) is 41.5 Å². The number of carbonyl (C=O) groups excluding carboxylic acids is 3. The van der Waals surface area contributed by atoms with Gasteiger partial charge < -0.3 is 38.4 Å². The number of hydrogen-bond acceptors (Lipinski definition) is 12. The summed E-state index contributed by atoms with van der Waals surface area (Å²) in [7, 11) is 7.03. The highest BCUT2D eigenvalue weighted by atomic mass is 16.7. The molecule has 0 unspecified atom stereocenters. The highest BCUT2D eigenvalue weighted by Crippen LogP contribution is 2.42. The van der Waals surface area contributed by atoms with E-state index < -0.39 is 71.7 Å². The Hall–Kier alpha value is -3.07. The number of esters is 1. The standard InChI is InChI=1S/C41H65N3O10/c1-13-32-41(8)35(44(39(48)54-41)42-20-14-15-29-16-18-30(49-11)19-17-29)28(6)33(45)26(4)23-40(7,50-12)36(24(2)21-25(3)37(47)52-32)53-38-34(46)31(43(9)10)22-27(5)51-38/h16-19,21,24,26-28,31-32,34-36,38,42,46H,13-15,20,22-23H2,1-12H3/b25-21+/t24-,26+,27+,28-,31-,32+,34+,35+,36+,38-,40-,41+/m0/s1. The lowest BCUT2D eigenvalue weighted by atomic mass is 9.74. The minimum absolute atomic E-state index is 0.107. The Kier molecular flexibility index (Phi) is 14.8. The quantitative estimate of drug-likeness (QED) is 0.229. The number of nitrogens with one attached hydrogen (secondary N) is 1. The lowest BCUT2D eigenvalue weighted by Gasteiger charge is -2.46. The molecule has 2 saturated heterocycles. The van der Waals surface area contributed by atoms with Gasteiger partial charge >= 0.3 is 12.1 Å². The summed E-state index contributed by atoms with van der Waals surface area (Å²) in [6.07, 6.45) is 0.0851. The second-order valence-corrected chi connectivity index (χ2v) is 16.2. The van der Waals surface area contributed by atoms with E-state index in [4.69, 9.17) is 28.4 Å². The van der Waals surface area contributed by atoms with Gasteiger partial charge in [0, 0.05) is 43.0 Å². The Balaban J connectivity index is 1.68. The number of likely N-dealkylation sites (N-methyl/N-ethyl adjacent to an activating group) is 1. The molecule has 0 aliphatic carbocycles. The lowest BCUT2D eigenvalue weighted by molar-refractivity contribution is -0.294. The average Bonchev–Trinajstić information content (AvgIpc) is 3.39. The first-order chi connectivity index (χ1) is 25.4. The smallest absolute Gasteiger partial charge is 0.425 e. The lowest BCUT2D eigenvalue weighted by Crippen LogP contribution is -2.60. The van der Waals surface area contributed by atoms with Crippen LogP contribution in [0, 0.1) is 17.8 Å². The Bertz CT molecular complexity index is 1470. The number of methoxy groups -OCH3 is 2. The van der Waals surface area contributed by atoms with Crippen LogP contribution in [0.5, 0.6) is 5.75 Å². The van der Waals surface area contributed by atoms with Crippen molar-refractivity contribution in [2.45, 2.75) is 141 Å². The van der Waals surface area contributed by atoms with Gasteiger partial charge in [-0.2, -0.15) is 0 Å². The number of amides is 1. The van der Waals surface area contributed by atoms with Crippen molar-refractivity contribution >= 4 is 17.8 Å². The average molecular weight is 760 g/mol. The van der Waals surface area contributed by atoms with Crippen LogP contribution < -0.4 is 10.2 Å². The second kappa shape index (κ2) is 18.3. The van der Waals surface area contributed by atoms with Crippen molar-refractivity contribution < 1.29 is 47.9 Å². The van der Waals surface area contributed by atoms with Crippen molar-refractivity contribution in [1.82, 2.24) is 15.3 Å². The van der Waals surface area contributed by atoms with Gasteiger partial charge in [0.1, 0.15) is 29.8 Å². The molecule has 0 bridgehead atoms. The van der Waals surface area contributed by atoms with E-state index in [2.05, 4.69) is 5.43 Å². The van der Waals surface area contributed by atoms with Crippen LogP contribution in [0.25, 0.3) is 0 Å². The molecule has 13 nitrogen and oxygen atoms in total. The van der Waals surface area contributed by atoms with Gasteiger partial charge in [-0.3, -0.25) is 4.79 Å². The van der Waals surface area contributed by atoms with Gasteiger partial charge in [-0.05, 0) is 91.6 Å². The molecule has 0 radical (unpaired) electrons. The number of cyclic esters (lactones) is 1. The summed E-state index contributed by atoms with van der Waals surface area (Å²) < 4.78 is 36.7. The molecule has 304 valence electrons. The van der Waals surface area contributed by atoms with Crippen LogP contribution in [-0.4, -0.2) is 122 Å². The van der Waals surface area contributed by atoms with E-state index in [1.807, 2.05) is 77.9 Å². The number of nitrogens with zero attached hydrogens (tertiary/aromatic N) is 2. The van der Waals surface area contributed by atoms with Crippen LogP contribution in [0.15, 0.2) is 35.9 Å². The van der Waals surface area contributed by atoms with E-state index in [1.165, 1.54) is 5.01 Å². The van der Waals surface area contributed by atoms with Gasteiger partial charge in [0.05, 0.1) is 24.9 Å². The Morgan fingerprint density at radius 1 is 1.06 bits per heavy atom. The van der Waals surface area contributed by atoms with Crippen molar-refractivity contribution in [2.75, 3.05) is 34.9 Å². The van der Waals surface area contributed by atoms with Crippen LogP contribution >= 0.6 is 0 Å². The van der Waals surface area contributed by atoms with Crippen LogP contribution in [0.1, 0.15) is 86.6 Å². The molecule has 3 aliphatic heterocycles. The molecule has 3 aliphatic rings. The molecular formula is C41H65N3O10. The maximum Gasteiger partial charge on any atom is 0.425 e. The zero-order valence-corrected chi connectivity index (χ0v) is 34.4. The number of hydrogen-bond donors (Lipinski definition) is 2. The maximum absolute atomic E-state index is 14.6. The summed E-state index contributed by atoms with van der Waals surface area (Å²) >= 11 is 0. The fourth-order valence-electron chi connectivity index (χ4n) is 8.72. The minimum Gasteiger partial charge on any atom is -0.497 e. The van der Waals surface area contributed by atoms with E-state index in [9.17, 15) is 19.5 Å². The van der Waals surface area contributed by atoms with Gasteiger partial charge in [0.2, 0.25) is 0 Å². The summed E-state index contributed by atoms with van der Waals surface area (Å²) in [6, 6.07) is 6.83. The van der Waals surface area contributed by atoms with Gasteiger partial charge in [0.25, 0.3) is 0 Å². The summed E-state index contributed by atoms with van der Waals surface area (Å²) in [6.45, 7) is 15.1. The monoisotopic (exact) mass is 759 g/mol. The molecule has 54 heavy (non-hydrogen) atoms. The third kappa shape index (κ3) is 9.47. The zero-order valence-electron chi connectivity index (χ0n) is 34.4. The number of aliphatic hydroxyl groups is 1. The third-order valence-electron chi connectivity index (χ3n) is 11.8. The van der Waals surface area contributed by atoms with Crippen molar-refractivity contribution in [2.24, 2.45) is 17.8 Å². The molecule has 13 heteroatoms. The first-order valence-electron chi connectivity index (χ1n) is 19.4. The number of ether oxygens (including phenoxy) is 6. The number of benzene rings is 1. The van der Waals surface area contributed by atoms with E-state index >= 15 is 0 Å². The highest BCUT2D eigenvalue weighted by molar-refractivity contribution is 5.88. The number of rotatable bonds is 11. The predicted molar refractivity (Wildman–Crippen MR) is 204 cm³/mol. The normalized spacial score (nSPS) is 37.9. The molecule has 3 heterocycles. The molecule has 2 N–H and O–H groups in total. The Morgan fingerprint density at radius 2 is 1.72 bits per heavy atom. The van der Waals surface area contributed by atoms with Gasteiger partial charge in [-0.15, -0.1) is 0 Å². The molecule has 4 rings (SSSR count). The fraction of sp³-hybridized carbons (Fsp3) is 0.732. The SMILES string of the molecule is CC[C@H]1OC(=O)/C(C)=C/[C@H](C)[C@@H](O[C@@H]2O[C@H](C)C[C@H](N(C)C)[C@H]2O)[C@@](C)(OC)C[C@@H](C)C(=O)[C@H](C)[C@H]2N(NCCCc3ccc(OC)cc3)C(=O)O[C@]12C. The highest BCUT2D eigenvalue weighted by Gasteiger charge is 2.60. The van der Waals surface area contributed by atoms with Crippen molar-refractivity contribution in [3.63, 3.8) is 0 Å². The first-order valence-corrected chi connectivity index (χ1v) is 19.4. The van der Waals surface area contributed by atoms with Crippen LogP contribution in [0.3, 0.4) is 0 Å². The molecule has 1 amide bonds. The largest absolute Gasteiger partial charge is 0.497 e. The Morgan fingerprint density at radius 3 is 2.31 bits per heavy atom. The Labute approximate surface area is 321 Å². The topological polar surface area (TPSA) is 145 Å². The molecule has 0 aromatic heterocycles. The number of fused-ring (bicyclic) bond motifs is 1. The molecule has 0 spiro atoms. The number of aliphatic hydroxyl groups excluding tert-OH is 1. The van der Waals surface area contributed by atoms with Crippen molar-refractivity contribution in [1.29, 1.82) is 0 Å². The first kappa shape index (κ1) is 43.7. The van der Waals surface area contributed by atoms with E-state index in [0.29, 0.717) is 31.4 Å². The number of aryl methyl sites for hydroxylation is 1. The van der Waals surface area contributed by atoms with Crippen molar-refractivity contribution in [3.8, 4) is 5.75 Å². The van der Waals surface area contributed by atoms with Gasteiger partial charge in [0.15, 0.2) is 11.9 Å². The zero-order chi connectivity index (χ0) is 40.1. The number of ketones is 1. The number of hydrazine groups is 1. The number of Topliss-reactive ketones (excluding diaryl/α,β-unsaturated/α-hetero) is 1. The molecule has 1 aromatic carbocycles.